The molecule has 0 aromatic heterocycles. The minimum Gasteiger partial charge on any atom is -0.398 e. The van der Waals surface area contributed by atoms with E-state index in [1.54, 1.807) is 0 Å². The summed E-state index contributed by atoms with van der Waals surface area (Å²) in [6, 6.07) is 2.87. The molecule has 1 rings (SSSR count). The lowest BCUT2D eigenvalue weighted by Gasteiger charge is -2.12. The highest BCUT2D eigenvalue weighted by atomic mass is 32.2. The van der Waals surface area contributed by atoms with Gasteiger partial charge in [0.25, 0.3) is 0 Å². The summed E-state index contributed by atoms with van der Waals surface area (Å²) in [6.07, 6.45) is -4.04. The summed E-state index contributed by atoms with van der Waals surface area (Å²) in [6.45, 7) is 0. The SMILES string of the molecule is CS(=O)(=O)c1c(N)cccc1C(F)(F)F. The fourth-order valence-electron chi connectivity index (χ4n) is 1.19. The van der Waals surface area contributed by atoms with Gasteiger partial charge in [-0.05, 0) is 12.1 Å². The monoisotopic (exact) mass is 239 g/mol. The molecule has 0 aliphatic rings. The predicted molar refractivity (Wildman–Crippen MR) is 49.0 cm³/mol. The van der Waals surface area contributed by atoms with E-state index < -0.39 is 32.2 Å². The molecule has 0 saturated carbocycles. The van der Waals surface area contributed by atoms with Crippen LogP contribution >= 0.6 is 0 Å². The summed E-state index contributed by atoms with van der Waals surface area (Å²) in [5.74, 6) is 0. The van der Waals surface area contributed by atoms with Gasteiger partial charge in [0.1, 0.15) is 4.90 Å². The van der Waals surface area contributed by atoms with Crippen molar-refractivity contribution in [2.45, 2.75) is 11.1 Å². The lowest BCUT2D eigenvalue weighted by Crippen LogP contribution is -2.14. The molecule has 1 aromatic rings. The number of benzene rings is 1. The molecule has 0 atom stereocenters. The highest BCUT2D eigenvalue weighted by Gasteiger charge is 2.36. The molecule has 0 unspecified atom stereocenters. The molecule has 0 aliphatic heterocycles. The molecule has 0 fully saturated rings. The van der Waals surface area contributed by atoms with Crippen molar-refractivity contribution >= 4 is 15.5 Å². The molecule has 3 nitrogen and oxygen atoms in total. The van der Waals surface area contributed by atoms with Crippen LogP contribution in [0.4, 0.5) is 18.9 Å². The summed E-state index contributed by atoms with van der Waals surface area (Å²) >= 11 is 0. The van der Waals surface area contributed by atoms with E-state index in [1.807, 2.05) is 0 Å². The predicted octanol–water partition coefficient (Wildman–Crippen LogP) is 1.69. The Hall–Kier alpha value is -1.24. The van der Waals surface area contributed by atoms with Crippen LogP contribution in [0.25, 0.3) is 0 Å². The average Bonchev–Trinajstić information content (AvgIpc) is 1.99. The van der Waals surface area contributed by atoms with Crippen LogP contribution < -0.4 is 5.73 Å². The lowest BCUT2D eigenvalue weighted by atomic mass is 10.2. The highest BCUT2D eigenvalue weighted by Crippen LogP contribution is 2.36. The van der Waals surface area contributed by atoms with E-state index in [-0.39, 0.29) is 0 Å². The van der Waals surface area contributed by atoms with Crippen molar-refractivity contribution in [3.63, 3.8) is 0 Å². The molecule has 1 aromatic carbocycles. The molecule has 2 N–H and O–H groups in total. The van der Waals surface area contributed by atoms with Crippen molar-refractivity contribution in [2.24, 2.45) is 0 Å². The summed E-state index contributed by atoms with van der Waals surface area (Å²) in [4.78, 5) is -0.863. The third-order valence-electron chi connectivity index (χ3n) is 1.72. The Balaban J connectivity index is 3.63. The Morgan fingerprint density at radius 2 is 1.80 bits per heavy atom. The average molecular weight is 239 g/mol. The number of nitrogen functional groups attached to an aromatic ring is 1. The number of anilines is 1. The highest BCUT2D eigenvalue weighted by molar-refractivity contribution is 7.91. The molecule has 0 radical (unpaired) electrons. The van der Waals surface area contributed by atoms with Crippen LogP contribution in [0, 0.1) is 0 Å². The van der Waals surface area contributed by atoms with Gasteiger partial charge < -0.3 is 5.73 Å². The van der Waals surface area contributed by atoms with Gasteiger partial charge in [0.05, 0.1) is 11.3 Å². The molecule has 84 valence electrons. The molecule has 7 heteroatoms. The Bertz CT molecular complexity index is 479. The largest absolute Gasteiger partial charge is 0.417 e. The molecule has 0 spiro atoms. The topological polar surface area (TPSA) is 60.2 Å². The number of hydrogen-bond acceptors (Lipinski definition) is 3. The number of rotatable bonds is 1. The van der Waals surface area contributed by atoms with Crippen LogP contribution in [0.1, 0.15) is 5.56 Å². The van der Waals surface area contributed by atoms with Crippen molar-refractivity contribution in [1.82, 2.24) is 0 Å². The minimum atomic E-state index is -4.73. The standard InChI is InChI=1S/C8H8F3NO2S/c1-15(13,14)7-5(8(9,10)11)3-2-4-6(7)12/h2-4H,12H2,1H3. The number of hydrogen-bond donors (Lipinski definition) is 1. The van der Waals surface area contributed by atoms with Crippen molar-refractivity contribution in [1.29, 1.82) is 0 Å². The van der Waals surface area contributed by atoms with E-state index in [1.165, 1.54) is 0 Å². The maximum atomic E-state index is 12.4. The maximum Gasteiger partial charge on any atom is 0.417 e. The summed E-state index contributed by atoms with van der Waals surface area (Å²) in [5, 5.41) is 0. The summed E-state index contributed by atoms with van der Waals surface area (Å²) < 4.78 is 59.6. The second kappa shape index (κ2) is 3.41. The number of sulfone groups is 1. The minimum absolute atomic E-state index is 0.396. The van der Waals surface area contributed by atoms with Crippen molar-refractivity contribution < 1.29 is 21.6 Å². The molecule has 0 saturated heterocycles. The Labute approximate surface area is 84.6 Å². The number of halogens is 3. The van der Waals surface area contributed by atoms with E-state index in [2.05, 4.69) is 0 Å². The van der Waals surface area contributed by atoms with Crippen LogP contribution in [0.2, 0.25) is 0 Å². The van der Waals surface area contributed by atoms with E-state index in [9.17, 15) is 21.6 Å². The van der Waals surface area contributed by atoms with Gasteiger partial charge >= 0.3 is 6.18 Å². The Morgan fingerprint density at radius 3 is 2.13 bits per heavy atom. The van der Waals surface area contributed by atoms with Crippen LogP contribution in [-0.4, -0.2) is 14.7 Å². The summed E-state index contributed by atoms with van der Waals surface area (Å²) in [5.41, 5.74) is 3.60. The zero-order chi connectivity index (χ0) is 11.9. The summed E-state index contributed by atoms with van der Waals surface area (Å²) in [7, 11) is -3.99. The van der Waals surface area contributed by atoms with Crippen molar-refractivity contribution in [3.05, 3.63) is 23.8 Å². The first-order chi connectivity index (χ1) is 6.64. The fourth-order valence-corrected chi connectivity index (χ4v) is 2.27. The molecule has 0 aliphatic carbocycles. The van der Waals surface area contributed by atoms with Crippen LogP contribution in [0.3, 0.4) is 0 Å². The van der Waals surface area contributed by atoms with Gasteiger partial charge in [-0.2, -0.15) is 13.2 Å². The Morgan fingerprint density at radius 1 is 1.27 bits per heavy atom. The second-order valence-electron chi connectivity index (χ2n) is 2.99. The van der Waals surface area contributed by atoms with Crippen LogP contribution in [0.5, 0.6) is 0 Å². The second-order valence-corrected chi connectivity index (χ2v) is 4.95. The van der Waals surface area contributed by atoms with Crippen molar-refractivity contribution in [3.8, 4) is 0 Å². The van der Waals surface area contributed by atoms with Crippen LogP contribution in [-0.2, 0) is 16.0 Å². The molecular formula is C8H8F3NO2S. The van der Waals surface area contributed by atoms with Gasteiger partial charge in [0, 0.05) is 6.26 Å². The third kappa shape index (κ3) is 2.41. The van der Waals surface area contributed by atoms with Gasteiger partial charge in [-0.25, -0.2) is 8.42 Å². The van der Waals surface area contributed by atoms with Gasteiger partial charge in [-0.1, -0.05) is 6.07 Å². The number of nitrogens with two attached hydrogens (primary N) is 1. The fraction of sp³-hybridized carbons (Fsp3) is 0.250. The van der Waals surface area contributed by atoms with Gasteiger partial charge in [0.15, 0.2) is 9.84 Å². The van der Waals surface area contributed by atoms with Crippen LogP contribution in [0.15, 0.2) is 23.1 Å². The zero-order valence-corrected chi connectivity index (χ0v) is 8.48. The van der Waals surface area contributed by atoms with E-state index in [0.29, 0.717) is 12.3 Å². The maximum absolute atomic E-state index is 12.4. The van der Waals surface area contributed by atoms with Gasteiger partial charge in [-0.3, -0.25) is 0 Å². The lowest BCUT2D eigenvalue weighted by molar-refractivity contribution is -0.139. The molecular weight excluding hydrogens is 231 g/mol. The molecule has 0 heterocycles. The zero-order valence-electron chi connectivity index (χ0n) is 7.67. The quantitative estimate of drug-likeness (QED) is 0.758. The molecule has 15 heavy (non-hydrogen) atoms. The Kier molecular flexibility index (Phi) is 2.69. The molecule has 0 bridgehead atoms. The third-order valence-corrected chi connectivity index (χ3v) is 2.92. The first-order valence-corrected chi connectivity index (χ1v) is 5.69. The van der Waals surface area contributed by atoms with Crippen molar-refractivity contribution in [2.75, 3.05) is 12.0 Å². The first-order valence-electron chi connectivity index (χ1n) is 3.80. The smallest absolute Gasteiger partial charge is 0.398 e. The van der Waals surface area contributed by atoms with Gasteiger partial charge in [-0.15, -0.1) is 0 Å². The normalized spacial score (nSPS) is 12.8. The van der Waals surface area contributed by atoms with E-state index >= 15 is 0 Å². The molecule has 0 amide bonds. The number of alkyl halides is 3. The first kappa shape index (κ1) is 11.8. The van der Waals surface area contributed by atoms with Gasteiger partial charge in [0.2, 0.25) is 0 Å². The van der Waals surface area contributed by atoms with E-state index in [4.69, 9.17) is 5.73 Å². The van der Waals surface area contributed by atoms with E-state index in [0.717, 1.165) is 12.1 Å².